The van der Waals surface area contributed by atoms with Gasteiger partial charge >= 0.3 is 5.97 Å². The first-order valence-electron chi connectivity index (χ1n) is 7.89. The molecule has 2 saturated carbocycles. The quantitative estimate of drug-likeness (QED) is 0.589. The van der Waals surface area contributed by atoms with E-state index in [1.54, 1.807) is 0 Å². The van der Waals surface area contributed by atoms with Crippen molar-refractivity contribution in [1.82, 2.24) is 5.06 Å². The second-order valence-electron chi connectivity index (χ2n) is 7.07. The lowest BCUT2D eigenvalue weighted by atomic mass is 9.81. The molecule has 2 heterocycles. The van der Waals surface area contributed by atoms with E-state index in [4.69, 9.17) is 21.2 Å². The fraction of sp³-hybridized carbons (Fsp3) is 0.588. The van der Waals surface area contributed by atoms with Crippen LogP contribution >= 0.6 is 11.6 Å². The number of halogens is 1. The number of rotatable bonds is 1. The minimum atomic E-state index is -1.14. The van der Waals surface area contributed by atoms with Gasteiger partial charge in [0, 0.05) is 12.0 Å². The van der Waals surface area contributed by atoms with Gasteiger partial charge in [-0.2, -0.15) is 5.06 Å². The monoisotopic (exact) mass is 319 g/mol. The van der Waals surface area contributed by atoms with Crippen LogP contribution in [0.3, 0.4) is 0 Å². The summed E-state index contributed by atoms with van der Waals surface area (Å²) in [6, 6.07) is 7.96. The molecule has 0 radical (unpaired) electrons. The van der Waals surface area contributed by atoms with E-state index < -0.39 is 10.5 Å². The second kappa shape index (κ2) is 3.86. The van der Waals surface area contributed by atoms with E-state index in [0.29, 0.717) is 0 Å². The lowest BCUT2D eigenvalue weighted by Gasteiger charge is -2.35. The molecule has 0 N–H and O–H groups in total. The topological polar surface area (TPSA) is 38.8 Å². The summed E-state index contributed by atoms with van der Waals surface area (Å²) in [5.74, 6) is -0.359. The fourth-order valence-corrected chi connectivity index (χ4v) is 5.38. The van der Waals surface area contributed by atoms with Crippen molar-refractivity contribution < 1.29 is 14.4 Å². The van der Waals surface area contributed by atoms with Crippen molar-refractivity contribution in [2.75, 3.05) is 13.7 Å². The summed E-state index contributed by atoms with van der Waals surface area (Å²) in [4.78, 5) is 17.9. The summed E-state index contributed by atoms with van der Waals surface area (Å²) in [5.41, 5.74) is 1.89. The number of carbonyl (C=O) groups excluding carboxylic acids is 1. The van der Waals surface area contributed by atoms with E-state index in [-0.39, 0.29) is 17.4 Å². The first-order chi connectivity index (χ1) is 10.6. The molecule has 2 aliphatic carbocycles. The summed E-state index contributed by atoms with van der Waals surface area (Å²) in [6.45, 7) is 0.769. The van der Waals surface area contributed by atoms with Crippen molar-refractivity contribution in [3.8, 4) is 0 Å². The molecule has 0 aromatic heterocycles. The average molecular weight is 320 g/mol. The summed E-state index contributed by atoms with van der Waals surface area (Å²) < 4.78 is 5.12. The highest BCUT2D eigenvalue weighted by Crippen LogP contribution is 2.83. The summed E-state index contributed by atoms with van der Waals surface area (Å²) >= 11 is 7.06. The highest BCUT2D eigenvalue weighted by atomic mass is 35.5. The predicted octanol–water partition coefficient (Wildman–Crippen LogP) is 2.60. The highest BCUT2D eigenvalue weighted by molar-refractivity contribution is 6.36. The van der Waals surface area contributed by atoms with Crippen molar-refractivity contribution >= 4 is 17.6 Å². The van der Waals surface area contributed by atoms with Crippen molar-refractivity contribution in [3.63, 3.8) is 0 Å². The smallest absolute Gasteiger partial charge is 0.332 e. The fourth-order valence-electron chi connectivity index (χ4n) is 4.77. The summed E-state index contributed by atoms with van der Waals surface area (Å²) in [7, 11) is 1.42. The van der Waals surface area contributed by atoms with E-state index in [1.807, 2.05) is 17.2 Å². The maximum Gasteiger partial charge on any atom is 0.332 e. The van der Waals surface area contributed by atoms with Crippen LogP contribution in [0.2, 0.25) is 0 Å². The molecule has 4 nitrogen and oxygen atoms in total. The summed E-state index contributed by atoms with van der Waals surface area (Å²) in [6.07, 6.45) is 3.99. The Kier molecular flexibility index (Phi) is 2.34. The van der Waals surface area contributed by atoms with Crippen LogP contribution in [0.4, 0.5) is 0 Å². The third-order valence-electron chi connectivity index (χ3n) is 6.13. The Morgan fingerprint density at radius 2 is 2.18 bits per heavy atom. The first kappa shape index (κ1) is 13.3. The molecule has 22 heavy (non-hydrogen) atoms. The van der Waals surface area contributed by atoms with Gasteiger partial charge in [0.25, 0.3) is 0 Å². The van der Waals surface area contributed by atoms with Crippen LogP contribution in [0.5, 0.6) is 0 Å². The average Bonchev–Trinajstić information content (AvgIpc) is 3.42. The number of hydrogen-bond acceptors (Lipinski definition) is 4. The van der Waals surface area contributed by atoms with Crippen molar-refractivity contribution in [1.29, 1.82) is 0 Å². The molecular weight excluding hydrogens is 302 g/mol. The molecule has 4 aliphatic rings. The molecule has 3 fully saturated rings. The van der Waals surface area contributed by atoms with Crippen LogP contribution in [0.25, 0.3) is 0 Å². The number of benzene rings is 1. The summed E-state index contributed by atoms with van der Waals surface area (Å²) in [5, 5.41) is 1.94. The molecule has 1 saturated heterocycles. The lowest BCUT2D eigenvalue weighted by molar-refractivity contribution is -0.182. The minimum Gasteiger partial charge on any atom is -0.468 e. The van der Waals surface area contributed by atoms with E-state index >= 15 is 0 Å². The Morgan fingerprint density at radius 1 is 1.41 bits per heavy atom. The van der Waals surface area contributed by atoms with E-state index in [2.05, 4.69) is 12.1 Å². The molecule has 5 heteroatoms. The number of carbonyl (C=O) groups is 1. The van der Waals surface area contributed by atoms with Crippen LogP contribution in [-0.4, -0.2) is 35.2 Å². The molecular formula is C17H18ClNO3. The van der Waals surface area contributed by atoms with Gasteiger partial charge < -0.3 is 4.74 Å². The second-order valence-corrected chi connectivity index (χ2v) is 7.67. The normalized spacial score (nSPS) is 40.4. The number of fused-ring (bicyclic) bond motifs is 4. The zero-order chi connectivity index (χ0) is 15.2. The molecule has 2 aliphatic heterocycles. The maximum absolute atomic E-state index is 12.7. The number of methoxy groups -OCH3 is 1. The number of esters is 1. The van der Waals surface area contributed by atoms with Gasteiger partial charge in [0.15, 0.2) is 4.87 Å². The number of hydrogen-bond donors (Lipinski definition) is 0. The first-order valence-corrected chi connectivity index (χ1v) is 8.27. The molecule has 1 unspecified atom stereocenters. The highest BCUT2D eigenvalue weighted by Gasteiger charge is 2.90. The van der Waals surface area contributed by atoms with Gasteiger partial charge in [0.1, 0.15) is 5.60 Å². The van der Waals surface area contributed by atoms with Crippen LogP contribution in [0.1, 0.15) is 36.4 Å². The Labute approximate surface area is 134 Å². The van der Waals surface area contributed by atoms with Crippen LogP contribution in [0.15, 0.2) is 24.3 Å². The molecule has 116 valence electrons. The predicted molar refractivity (Wildman–Crippen MR) is 80.3 cm³/mol. The Hall–Kier alpha value is -1.10. The molecule has 1 aromatic rings. The number of hydroxylamine groups is 2. The molecule has 1 aromatic carbocycles. The van der Waals surface area contributed by atoms with Crippen molar-refractivity contribution in [2.24, 2.45) is 5.41 Å². The molecule has 0 amide bonds. The largest absolute Gasteiger partial charge is 0.468 e. The van der Waals surface area contributed by atoms with Gasteiger partial charge in [-0.15, -0.1) is 11.6 Å². The van der Waals surface area contributed by atoms with Gasteiger partial charge in [-0.1, -0.05) is 24.3 Å². The van der Waals surface area contributed by atoms with Crippen LogP contribution in [-0.2, 0) is 20.8 Å². The van der Waals surface area contributed by atoms with Gasteiger partial charge in [-0.25, -0.2) is 4.79 Å². The van der Waals surface area contributed by atoms with E-state index in [0.717, 1.165) is 37.8 Å². The Balaban J connectivity index is 1.70. The SMILES string of the molecule is COC(=O)[C@@]1(Cl)[C@H]2c3ccccc3CCN2OC12CC21CC1. The Morgan fingerprint density at radius 3 is 2.86 bits per heavy atom. The van der Waals surface area contributed by atoms with Crippen molar-refractivity contribution in [2.45, 2.75) is 42.2 Å². The van der Waals surface area contributed by atoms with Gasteiger partial charge in [-0.05, 0) is 36.8 Å². The molecule has 3 atom stereocenters. The molecule has 5 rings (SSSR count). The van der Waals surface area contributed by atoms with Crippen LogP contribution in [0, 0.1) is 5.41 Å². The van der Waals surface area contributed by atoms with E-state index in [1.165, 1.54) is 12.7 Å². The standard InChI is InChI=1S/C17H18ClNO3/c1-21-14(20)17(18)13-12-5-3-2-4-11(12)6-9-19(13)22-16(17)10-15(16)7-8-15/h2-5,13H,6-10H2,1H3/t13-,16?,17+/m1/s1. The zero-order valence-electron chi connectivity index (χ0n) is 12.5. The van der Waals surface area contributed by atoms with Gasteiger partial charge in [0.2, 0.25) is 0 Å². The number of ether oxygens (including phenoxy) is 1. The number of nitrogens with zero attached hydrogens (tertiary/aromatic N) is 1. The third kappa shape index (κ3) is 1.28. The maximum atomic E-state index is 12.7. The van der Waals surface area contributed by atoms with Crippen molar-refractivity contribution in [3.05, 3.63) is 35.4 Å². The van der Waals surface area contributed by atoms with Crippen LogP contribution < -0.4 is 0 Å². The minimum absolute atomic E-state index is 0.106. The molecule has 0 bridgehead atoms. The zero-order valence-corrected chi connectivity index (χ0v) is 13.2. The third-order valence-corrected chi connectivity index (χ3v) is 6.80. The van der Waals surface area contributed by atoms with Gasteiger partial charge in [0.05, 0.1) is 13.2 Å². The lowest BCUT2D eigenvalue weighted by Crippen LogP contribution is -2.50. The van der Waals surface area contributed by atoms with E-state index in [9.17, 15) is 4.79 Å². The molecule has 2 spiro atoms. The number of alkyl halides is 1. The van der Waals surface area contributed by atoms with Gasteiger partial charge in [-0.3, -0.25) is 4.84 Å². The Bertz CT molecular complexity index is 688.